The summed E-state index contributed by atoms with van der Waals surface area (Å²) in [6.07, 6.45) is -3.77. The maximum absolute atomic E-state index is 14.1. The van der Waals surface area contributed by atoms with Gasteiger partial charge in [0.25, 0.3) is 5.91 Å². The lowest BCUT2D eigenvalue weighted by Crippen LogP contribution is -2.21. The Labute approximate surface area is 268 Å². The molecule has 0 saturated heterocycles. The van der Waals surface area contributed by atoms with E-state index >= 15 is 0 Å². The summed E-state index contributed by atoms with van der Waals surface area (Å²) in [6.45, 7) is 6.08. The fourth-order valence-corrected chi connectivity index (χ4v) is 6.87. The standard InChI is InChI=1S/C30H34F3N8O5P/c1-6-45-47(43)16-19-8-9-21(24(14-19)44-5)38-29-35-15-20(30(31,32)33)27(39-29)37-23-11-10-22(36-26(23)28(42)34-4)25-17(2)40-41(18(25)3)12-7-13-46-47/h8-11,14-15H,6-7,12-13,16H2,1-5H3,(H,34,42)(H2,35,37,38,39). The molecule has 1 aromatic carbocycles. The van der Waals surface area contributed by atoms with Gasteiger partial charge >= 0.3 is 13.8 Å². The summed E-state index contributed by atoms with van der Waals surface area (Å²) >= 11 is 0. The highest BCUT2D eigenvalue weighted by molar-refractivity contribution is 7.53. The zero-order valence-electron chi connectivity index (χ0n) is 26.4. The molecule has 0 spiro atoms. The second-order valence-corrected chi connectivity index (χ2v) is 12.6. The molecular weight excluding hydrogens is 640 g/mol. The van der Waals surface area contributed by atoms with Gasteiger partial charge in [0.1, 0.15) is 17.1 Å². The lowest BCUT2D eigenvalue weighted by atomic mass is 10.1. The highest BCUT2D eigenvalue weighted by Crippen LogP contribution is 2.52. The summed E-state index contributed by atoms with van der Waals surface area (Å²) in [5.74, 6) is -1.15. The van der Waals surface area contributed by atoms with E-state index in [0.717, 1.165) is 5.69 Å². The van der Waals surface area contributed by atoms with Crippen molar-refractivity contribution < 1.29 is 36.3 Å². The van der Waals surface area contributed by atoms with Crippen molar-refractivity contribution in [2.45, 2.75) is 46.1 Å². The van der Waals surface area contributed by atoms with E-state index in [1.54, 1.807) is 42.8 Å². The lowest BCUT2D eigenvalue weighted by molar-refractivity contribution is -0.137. The Bertz CT molecular complexity index is 1850. The maximum atomic E-state index is 14.1. The van der Waals surface area contributed by atoms with E-state index in [4.69, 9.17) is 13.8 Å². The number of hydrogen-bond donors (Lipinski definition) is 3. The molecule has 8 rings (SSSR count). The van der Waals surface area contributed by atoms with Crippen molar-refractivity contribution in [3.05, 3.63) is 64.7 Å². The molecule has 3 N–H and O–H groups in total. The number of hydrogen-bond acceptors (Lipinski definition) is 11. The number of nitrogens with zero attached hydrogens (tertiary/aromatic N) is 5. The number of aromatic nitrogens is 5. The first kappa shape index (κ1) is 33.8. The van der Waals surface area contributed by atoms with Gasteiger partial charge in [-0.15, -0.1) is 0 Å². The predicted octanol–water partition coefficient (Wildman–Crippen LogP) is 6.38. The molecule has 4 aliphatic rings. The average Bonchev–Trinajstić information content (AvgIpc) is 3.31. The van der Waals surface area contributed by atoms with Crippen LogP contribution < -0.4 is 20.7 Å². The first-order valence-corrected chi connectivity index (χ1v) is 16.4. The van der Waals surface area contributed by atoms with E-state index in [0.29, 0.717) is 47.4 Å². The van der Waals surface area contributed by atoms with Gasteiger partial charge in [-0.3, -0.25) is 14.0 Å². The molecule has 13 nitrogen and oxygen atoms in total. The molecule has 1 atom stereocenters. The van der Waals surface area contributed by atoms with Gasteiger partial charge < -0.3 is 29.7 Å². The van der Waals surface area contributed by atoms with Crippen molar-refractivity contribution in [3.8, 4) is 17.0 Å². The molecule has 0 saturated carbocycles. The van der Waals surface area contributed by atoms with Crippen molar-refractivity contribution in [1.29, 1.82) is 0 Å². The Morgan fingerprint density at radius 2 is 1.91 bits per heavy atom. The van der Waals surface area contributed by atoms with E-state index in [-0.39, 0.29) is 42.5 Å². The smallest absolute Gasteiger partial charge is 0.421 e. The minimum atomic E-state index is -4.83. The number of ether oxygens (including phenoxy) is 1. The number of methoxy groups -OCH3 is 1. The van der Waals surface area contributed by atoms with Gasteiger partial charge in [-0.25, -0.2) is 9.97 Å². The second kappa shape index (κ2) is 13.7. The fraction of sp³-hybridized carbons (Fsp3) is 0.367. The van der Waals surface area contributed by atoms with E-state index in [9.17, 15) is 22.5 Å². The molecule has 8 bridgehead atoms. The molecule has 17 heteroatoms. The van der Waals surface area contributed by atoms with Crippen LogP contribution in [0.15, 0.2) is 36.5 Å². The van der Waals surface area contributed by atoms with E-state index < -0.39 is 31.1 Å². The zero-order chi connectivity index (χ0) is 33.9. The average molecular weight is 675 g/mol. The van der Waals surface area contributed by atoms with Gasteiger partial charge in [0.05, 0.1) is 49.2 Å². The third-order valence-electron chi connectivity index (χ3n) is 7.34. The number of alkyl halides is 3. The molecule has 7 heterocycles. The summed E-state index contributed by atoms with van der Waals surface area (Å²) in [5, 5.41) is 12.7. The maximum Gasteiger partial charge on any atom is 0.421 e. The first-order valence-electron chi connectivity index (χ1n) is 14.7. The Balaban J connectivity index is 1.66. The van der Waals surface area contributed by atoms with Crippen LogP contribution in [0.2, 0.25) is 0 Å². The van der Waals surface area contributed by atoms with E-state index in [1.807, 2.05) is 6.92 Å². The van der Waals surface area contributed by atoms with Gasteiger partial charge in [-0.2, -0.15) is 23.3 Å². The van der Waals surface area contributed by atoms with Gasteiger partial charge in [0.2, 0.25) is 5.95 Å². The van der Waals surface area contributed by atoms with Crippen LogP contribution in [0.3, 0.4) is 0 Å². The van der Waals surface area contributed by atoms with Crippen molar-refractivity contribution in [1.82, 2.24) is 30.0 Å². The van der Waals surface area contributed by atoms with Crippen molar-refractivity contribution in [2.75, 3.05) is 38.0 Å². The second-order valence-electron chi connectivity index (χ2n) is 10.6. The highest BCUT2D eigenvalue weighted by atomic mass is 31.2. The lowest BCUT2D eigenvalue weighted by Gasteiger charge is -2.19. The Kier molecular flexibility index (Phi) is 9.84. The first-order chi connectivity index (χ1) is 22.4. The third-order valence-corrected chi connectivity index (χ3v) is 9.32. The van der Waals surface area contributed by atoms with Gasteiger partial charge in [0.15, 0.2) is 5.69 Å². The molecule has 250 valence electrons. The number of nitrogens with one attached hydrogen (secondary N) is 3. The highest BCUT2D eigenvalue weighted by Gasteiger charge is 2.36. The molecule has 0 radical (unpaired) electrons. The van der Waals surface area contributed by atoms with Crippen LogP contribution in [0.4, 0.5) is 36.3 Å². The number of pyridine rings is 1. The molecule has 0 fully saturated rings. The summed E-state index contributed by atoms with van der Waals surface area (Å²) in [4.78, 5) is 25.5. The zero-order valence-corrected chi connectivity index (χ0v) is 27.3. The number of carbonyl (C=O) groups is 1. The van der Waals surface area contributed by atoms with E-state index in [1.165, 1.54) is 20.2 Å². The molecule has 1 amide bonds. The van der Waals surface area contributed by atoms with Gasteiger partial charge in [-0.05, 0) is 57.0 Å². The number of aryl methyl sites for hydroxylation is 2. The number of rotatable bonds is 4. The molecule has 4 aliphatic heterocycles. The Morgan fingerprint density at radius 3 is 2.62 bits per heavy atom. The topological polar surface area (TPSA) is 154 Å². The van der Waals surface area contributed by atoms with Crippen molar-refractivity contribution in [3.63, 3.8) is 0 Å². The summed E-state index contributed by atoms with van der Waals surface area (Å²) in [6, 6.07) is 7.93. The quantitative estimate of drug-likeness (QED) is 0.207. The SMILES string of the molecule is CCOP1(=O)Cc2ccc(c(OC)c2)Nc2ncc(C(F)(F)F)c(n2)Nc2ccc(nc2C(=O)NC)-c2c(C)nn(c2C)CCCO1. The van der Waals surface area contributed by atoms with Gasteiger partial charge in [-0.1, -0.05) is 6.07 Å². The van der Waals surface area contributed by atoms with Crippen LogP contribution in [-0.2, 0) is 32.5 Å². The van der Waals surface area contributed by atoms with Crippen molar-refractivity contribution >= 4 is 36.6 Å². The largest absolute Gasteiger partial charge is 0.495 e. The normalized spacial score (nSPS) is 16.9. The predicted molar refractivity (Wildman–Crippen MR) is 168 cm³/mol. The van der Waals surface area contributed by atoms with Crippen LogP contribution in [-0.4, -0.2) is 58.0 Å². The molecule has 47 heavy (non-hydrogen) atoms. The number of benzene rings is 1. The number of carbonyl (C=O) groups excluding carboxylic acids is 1. The monoisotopic (exact) mass is 674 g/mol. The Morgan fingerprint density at radius 1 is 1.15 bits per heavy atom. The van der Waals surface area contributed by atoms with Crippen LogP contribution >= 0.6 is 7.60 Å². The summed E-state index contributed by atoms with van der Waals surface area (Å²) in [5.41, 5.74) is 2.01. The van der Waals surface area contributed by atoms with Crippen LogP contribution in [0.25, 0.3) is 11.3 Å². The summed E-state index contributed by atoms with van der Waals surface area (Å²) < 4.78 is 74.7. The van der Waals surface area contributed by atoms with Gasteiger partial charge in [0, 0.05) is 31.0 Å². The molecule has 1 unspecified atom stereocenters. The van der Waals surface area contributed by atoms with Crippen molar-refractivity contribution in [2.24, 2.45) is 0 Å². The minimum absolute atomic E-state index is 0.00843. The molecule has 3 aromatic heterocycles. The Hall–Kier alpha value is -4.53. The van der Waals surface area contributed by atoms with E-state index in [2.05, 4.69) is 36.0 Å². The molecule has 4 aromatic rings. The number of anilines is 4. The molecule has 0 aliphatic carbocycles. The summed E-state index contributed by atoms with van der Waals surface area (Å²) in [7, 11) is -0.768. The van der Waals surface area contributed by atoms with Crippen LogP contribution in [0, 0.1) is 13.8 Å². The minimum Gasteiger partial charge on any atom is -0.495 e. The number of amides is 1. The van der Waals surface area contributed by atoms with Crippen LogP contribution in [0.1, 0.15) is 46.3 Å². The van der Waals surface area contributed by atoms with Crippen LogP contribution in [0.5, 0.6) is 5.75 Å². The third kappa shape index (κ3) is 7.39. The fourth-order valence-electron chi connectivity index (χ4n) is 5.17. The molecular formula is C30H34F3N8O5P. The number of halogens is 3.